The Kier molecular flexibility index (Phi) is 7.91. The van der Waals surface area contributed by atoms with E-state index in [4.69, 9.17) is 10.8 Å². The number of carbonyl (C=O) groups is 1. The van der Waals surface area contributed by atoms with Crippen LogP contribution in [0.1, 0.15) is 27.6 Å². The van der Waals surface area contributed by atoms with E-state index in [9.17, 15) is 14.3 Å². The molecule has 0 aliphatic carbocycles. The lowest BCUT2D eigenvalue weighted by atomic mass is 10.1. The van der Waals surface area contributed by atoms with Gasteiger partial charge in [-0.15, -0.1) is 0 Å². The third kappa shape index (κ3) is 6.33. The quantitative estimate of drug-likeness (QED) is 0.369. The summed E-state index contributed by atoms with van der Waals surface area (Å²) in [5.74, 6) is -0.686. The number of carbonyl (C=O) groups excluding carboxylic acids is 1. The minimum atomic E-state index is -0.835. The zero-order valence-electron chi connectivity index (χ0n) is 15.7. The molecule has 2 rings (SSSR count). The van der Waals surface area contributed by atoms with Gasteiger partial charge in [-0.2, -0.15) is 0 Å². The molecular weight excluding hydrogens is 361 g/mol. The van der Waals surface area contributed by atoms with Gasteiger partial charge in [0.25, 0.3) is 5.91 Å². The lowest BCUT2D eigenvalue weighted by Crippen LogP contribution is -2.32. The van der Waals surface area contributed by atoms with E-state index in [0.717, 1.165) is 18.0 Å². The molecule has 1 aromatic carbocycles. The second-order valence-electron chi connectivity index (χ2n) is 6.43. The summed E-state index contributed by atoms with van der Waals surface area (Å²) < 4.78 is 13.1. The predicted octanol–water partition coefficient (Wildman–Crippen LogP) is 1.83. The third-order valence-electron chi connectivity index (χ3n) is 4.17. The van der Waals surface area contributed by atoms with Crippen molar-refractivity contribution in [2.75, 3.05) is 26.7 Å². The fourth-order valence-electron chi connectivity index (χ4n) is 2.61. The highest BCUT2D eigenvalue weighted by atomic mass is 19.1. The van der Waals surface area contributed by atoms with Crippen LogP contribution in [0.4, 0.5) is 4.39 Å². The molecule has 0 spiro atoms. The van der Waals surface area contributed by atoms with E-state index in [1.165, 1.54) is 17.2 Å². The van der Waals surface area contributed by atoms with Crippen molar-refractivity contribution in [3.63, 3.8) is 0 Å². The number of hydrogen-bond acceptors (Lipinski definition) is 6. The summed E-state index contributed by atoms with van der Waals surface area (Å²) in [6.07, 6.45) is 3.32. The number of aromatic nitrogens is 1. The molecule has 0 saturated carbocycles. The molecule has 0 aliphatic heterocycles. The molecule has 28 heavy (non-hydrogen) atoms. The van der Waals surface area contributed by atoms with Crippen LogP contribution in [0.25, 0.3) is 0 Å². The van der Waals surface area contributed by atoms with E-state index in [2.05, 4.69) is 10.3 Å². The number of rotatable bonds is 10. The summed E-state index contributed by atoms with van der Waals surface area (Å²) in [5.41, 5.74) is 2.04. The van der Waals surface area contributed by atoms with Crippen molar-refractivity contribution in [2.45, 2.75) is 12.5 Å². The van der Waals surface area contributed by atoms with Crippen LogP contribution >= 0.6 is 0 Å². The van der Waals surface area contributed by atoms with Crippen LogP contribution in [-0.4, -0.2) is 59.5 Å². The smallest absolute Gasteiger partial charge is 0.253 e. The normalized spacial score (nSPS) is 11.7. The molecule has 8 heteroatoms. The molecule has 0 bridgehead atoms. The van der Waals surface area contributed by atoms with Crippen LogP contribution in [0.3, 0.4) is 0 Å². The molecule has 2 aromatic rings. The van der Waals surface area contributed by atoms with E-state index in [1.54, 1.807) is 19.2 Å². The van der Waals surface area contributed by atoms with Gasteiger partial charge < -0.3 is 26.1 Å². The van der Waals surface area contributed by atoms with Crippen LogP contribution in [0.15, 0.2) is 42.7 Å². The van der Waals surface area contributed by atoms with Gasteiger partial charge in [0.2, 0.25) is 0 Å². The summed E-state index contributed by atoms with van der Waals surface area (Å²) in [6.45, 7) is 0.992. The number of pyridine rings is 1. The molecule has 0 unspecified atom stereocenters. The number of aliphatic hydroxyl groups excluding tert-OH is 1. The van der Waals surface area contributed by atoms with Gasteiger partial charge in [-0.05, 0) is 36.7 Å². The number of nitrogens with zero attached hydrogens (tertiary/aromatic N) is 2. The van der Waals surface area contributed by atoms with Crippen LogP contribution in [0.5, 0.6) is 0 Å². The zero-order chi connectivity index (χ0) is 20.5. The molecule has 7 nitrogen and oxygen atoms in total. The van der Waals surface area contributed by atoms with E-state index in [-0.39, 0.29) is 24.7 Å². The minimum absolute atomic E-state index is 0.0646. The maximum Gasteiger partial charge on any atom is 0.253 e. The Morgan fingerprint density at radius 3 is 2.71 bits per heavy atom. The van der Waals surface area contributed by atoms with Gasteiger partial charge in [0.15, 0.2) is 0 Å². The summed E-state index contributed by atoms with van der Waals surface area (Å²) in [7, 11) is 1.59. The predicted molar refractivity (Wildman–Crippen MR) is 106 cm³/mol. The third-order valence-corrected chi connectivity index (χ3v) is 4.17. The summed E-state index contributed by atoms with van der Waals surface area (Å²) >= 11 is 0. The van der Waals surface area contributed by atoms with E-state index in [1.807, 2.05) is 12.1 Å². The Bertz CT molecular complexity index is 826. The molecule has 0 saturated heterocycles. The van der Waals surface area contributed by atoms with Crippen molar-refractivity contribution in [2.24, 2.45) is 0 Å². The molecule has 1 aromatic heterocycles. The number of aliphatic hydroxyl groups is 1. The van der Waals surface area contributed by atoms with Gasteiger partial charge in [-0.25, -0.2) is 4.39 Å². The van der Waals surface area contributed by atoms with Gasteiger partial charge >= 0.3 is 0 Å². The lowest BCUT2D eigenvalue weighted by molar-refractivity contribution is 0.0815. The first-order valence-corrected chi connectivity index (χ1v) is 8.82. The van der Waals surface area contributed by atoms with E-state index in [0.29, 0.717) is 24.1 Å². The zero-order valence-corrected chi connectivity index (χ0v) is 15.7. The lowest BCUT2D eigenvalue weighted by Gasteiger charge is -2.16. The van der Waals surface area contributed by atoms with Crippen molar-refractivity contribution in [1.82, 2.24) is 15.2 Å². The monoisotopic (exact) mass is 385 g/mol. The second kappa shape index (κ2) is 10.4. The van der Waals surface area contributed by atoms with Crippen molar-refractivity contribution >= 4 is 17.8 Å². The van der Waals surface area contributed by atoms with Crippen LogP contribution in [0.2, 0.25) is 0 Å². The van der Waals surface area contributed by atoms with Crippen molar-refractivity contribution in [1.29, 1.82) is 10.8 Å². The Morgan fingerprint density at radius 1 is 1.36 bits per heavy atom. The first kappa shape index (κ1) is 21.3. The highest BCUT2D eigenvalue weighted by molar-refractivity contribution is 6.29. The Hall–Kier alpha value is -2.97. The highest BCUT2D eigenvalue weighted by Crippen LogP contribution is 2.12. The van der Waals surface area contributed by atoms with E-state index >= 15 is 0 Å². The molecule has 1 atom stereocenters. The second-order valence-corrected chi connectivity index (χ2v) is 6.43. The van der Waals surface area contributed by atoms with Crippen molar-refractivity contribution in [3.05, 3.63) is 65.2 Å². The molecule has 148 valence electrons. The van der Waals surface area contributed by atoms with Crippen LogP contribution < -0.4 is 5.32 Å². The molecule has 1 amide bonds. The average molecular weight is 385 g/mol. The first-order valence-electron chi connectivity index (χ1n) is 8.82. The fraction of sp³-hybridized carbons (Fsp3) is 0.300. The molecule has 0 fully saturated rings. The topological polar surface area (TPSA) is 113 Å². The van der Waals surface area contributed by atoms with Gasteiger partial charge in [0.05, 0.1) is 24.6 Å². The minimum Gasteiger partial charge on any atom is -0.387 e. The van der Waals surface area contributed by atoms with Gasteiger partial charge in [-0.3, -0.25) is 9.78 Å². The van der Waals surface area contributed by atoms with Crippen LogP contribution in [0, 0.1) is 16.6 Å². The fourth-order valence-corrected chi connectivity index (χ4v) is 2.61. The largest absolute Gasteiger partial charge is 0.387 e. The van der Waals surface area contributed by atoms with Crippen LogP contribution in [-0.2, 0) is 6.42 Å². The summed E-state index contributed by atoms with van der Waals surface area (Å²) in [4.78, 5) is 17.4. The van der Waals surface area contributed by atoms with Crippen molar-refractivity contribution in [3.8, 4) is 0 Å². The molecular formula is C20H24FN5O2. The maximum atomic E-state index is 13.1. The van der Waals surface area contributed by atoms with Gasteiger partial charge in [-0.1, -0.05) is 12.1 Å². The van der Waals surface area contributed by atoms with Gasteiger partial charge in [0, 0.05) is 37.1 Å². The number of benzene rings is 1. The number of halogens is 1. The average Bonchev–Trinajstić information content (AvgIpc) is 2.70. The molecule has 0 radical (unpaired) electrons. The van der Waals surface area contributed by atoms with Gasteiger partial charge in [0.1, 0.15) is 5.82 Å². The van der Waals surface area contributed by atoms with Crippen molar-refractivity contribution < 1.29 is 14.3 Å². The summed E-state index contributed by atoms with van der Waals surface area (Å²) in [6, 6.07) is 8.44. The summed E-state index contributed by atoms with van der Waals surface area (Å²) in [5, 5.41) is 27.6. The van der Waals surface area contributed by atoms with E-state index < -0.39 is 11.9 Å². The Labute approximate surface area is 163 Å². The number of amides is 1. The maximum absolute atomic E-state index is 13.1. The number of hydrogen-bond donors (Lipinski definition) is 4. The number of nitrogens with one attached hydrogen (secondary N) is 3. The Morgan fingerprint density at radius 2 is 2.07 bits per heavy atom. The molecule has 4 N–H and O–H groups in total. The standard InChI is InChI=1S/C20H24FN5O2/c1-26(13-18(23)9-22)20(28)15-4-2-14(3-5-15)6-7-24-12-19(27)16-8-17(21)11-25-10-16/h2-5,8-11,19,22-24,27H,6-7,12-13H2,1H3/t19-/m0/s1. The molecule has 1 heterocycles. The Balaban J connectivity index is 1.78. The first-order chi connectivity index (χ1) is 13.4. The molecule has 0 aliphatic rings. The SMILES string of the molecule is CN(CC(=N)C=N)C(=O)c1ccc(CCNC[C@H](O)c2cncc(F)c2)cc1. The highest BCUT2D eigenvalue weighted by Gasteiger charge is 2.12.